The number of fused-ring (bicyclic) bond motifs is 1. The van der Waals surface area contributed by atoms with Gasteiger partial charge in [-0.1, -0.05) is 20.8 Å². The molecular weight excluding hydrogens is 414 g/mol. The molecule has 0 spiro atoms. The van der Waals surface area contributed by atoms with Gasteiger partial charge in [0.05, 0.1) is 17.7 Å². The maximum atomic E-state index is 12.9. The fourth-order valence-corrected chi connectivity index (χ4v) is 6.12. The van der Waals surface area contributed by atoms with E-state index in [2.05, 4.69) is 30.6 Å². The lowest BCUT2D eigenvalue weighted by atomic mass is 9.51. The van der Waals surface area contributed by atoms with E-state index in [1.807, 2.05) is 27.7 Å². The molecule has 0 aliphatic heterocycles. The van der Waals surface area contributed by atoms with Crippen molar-refractivity contribution in [2.24, 2.45) is 29.1 Å². The van der Waals surface area contributed by atoms with E-state index in [0.29, 0.717) is 11.1 Å². The van der Waals surface area contributed by atoms with Crippen LogP contribution in [0, 0.1) is 40.4 Å². The number of aliphatic hydroxyl groups is 1. The summed E-state index contributed by atoms with van der Waals surface area (Å²) in [4.78, 5) is 25.7. The van der Waals surface area contributed by atoms with Crippen LogP contribution in [0.1, 0.15) is 83.1 Å². The van der Waals surface area contributed by atoms with Crippen LogP contribution in [0.25, 0.3) is 0 Å². The first-order chi connectivity index (χ1) is 15.4. The monoisotopic (exact) mass is 453 g/mol. The average molecular weight is 454 g/mol. The maximum Gasteiger partial charge on any atom is 0.251 e. The molecule has 2 fully saturated rings. The van der Waals surface area contributed by atoms with Gasteiger partial charge in [0, 0.05) is 23.1 Å². The third kappa shape index (κ3) is 5.41. The molecule has 3 rings (SSSR count). The molecule has 2 amide bonds. The van der Waals surface area contributed by atoms with Gasteiger partial charge in [-0.3, -0.25) is 9.59 Å². The molecule has 2 aliphatic rings. The molecule has 6 heteroatoms. The summed E-state index contributed by atoms with van der Waals surface area (Å²) in [7, 11) is 0. The number of aliphatic hydroxyl groups excluding tert-OH is 1. The molecule has 2 aliphatic carbocycles. The highest BCUT2D eigenvalue weighted by atomic mass is 16.3. The molecule has 6 nitrogen and oxygen atoms in total. The Morgan fingerprint density at radius 2 is 1.79 bits per heavy atom. The van der Waals surface area contributed by atoms with Crippen molar-refractivity contribution in [2.45, 2.75) is 84.9 Å². The van der Waals surface area contributed by atoms with Crippen molar-refractivity contribution in [3.8, 4) is 6.07 Å². The van der Waals surface area contributed by atoms with E-state index < -0.39 is 6.10 Å². The number of hydrogen-bond acceptors (Lipinski definition) is 4. The second-order valence-electron chi connectivity index (χ2n) is 11.6. The number of amides is 2. The number of nitrogens with one attached hydrogen (secondary N) is 2. The molecule has 7 atom stereocenters. The topological polar surface area (TPSA) is 102 Å². The Morgan fingerprint density at radius 3 is 2.36 bits per heavy atom. The molecule has 0 saturated heterocycles. The van der Waals surface area contributed by atoms with Crippen molar-refractivity contribution in [3.05, 3.63) is 35.4 Å². The minimum Gasteiger partial charge on any atom is -0.392 e. The van der Waals surface area contributed by atoms with Gasteiger partial charge >= 0.3 is 0 Å². The summed E-state index contributed by atoms with van der Waals surface area (Å²) in [5.74, 6) is -0.433. The highest BCUT2D eigenvalue weighted by molar-refractivity contribution is 5.94. The van der Waals surface area contributed by atoms with Crippen molar-refractivity contribution in [1.82, 2.24) is 10.6 Å². The molecule has 0 heterocycles. The predicted octanol–water partition coefficient (Wildman–Crippen LogP) is 4.03. The van der Waals surface area contributed by atoms with Crippen molar-refractivity contribution in [1.29, 1.82) is 5.26 Å². The summed E-state index contributed by atoms with van der Waals surface area (Å²) >= 11 is 0. The van der Waals surface area contributed by atoms with E-state index in [1.165, 1.54) is 0 Å². The van der Waals surface area contributed by atoms with E-state index in [0.717, 1.165) is 25.7 Å². The Labute approximate surface area is 198 Å². The van der Waals surface area contributed by atoms with Crippen molar-refractivity contribution in [2.75, 3.05) is 0 Å². The first-order valence-electron chi connectivity index (χ1n) is 12.2. The third-order valence-corrected chi connectivity index (χ3v) is 8.03. The SMILES string of the molecule is C[C@@H]1[C@@H]2[C@@H](O)[C@@H]([C@H](C)C(=O)NC(C)(C)C)CC[C@]2(C)CC[C@@H]1NC(=O)c1ccc(C#N)cc1. The summed E-state index contributed by atoms with van der Waals surface area (Å²) in [5, 5.41) is 26.7. The van der Waals surface area contributed by atoms with Crippen LogP contribution in [0.3, 0.4) is 0 Å². The standard InChI is InChI=1S/C27H39N3O3/c1-16(24(32)30-26(3,4)5)20-11-13-27(6)14-12-21(17(2)22(27)23(20)31)29-25(33)19-9-7-18(15-28)8-10-19/h7-10,16-17,20-23,31H,11-14H2,1-6H3,(H,29,33)(H,30,32)/t16-,17-,20+,21-,22+,23-,27+/m0/s1. The number of hydrogen-bond donors (Lipinski definition) is 3. The van der Waals surface area contributed by atoms with E-state index in [-0.39, 0.29) is 52.5 Å². The van der Waals surface area contributed by atoms with Crippen LogP contribution in [0.5, 0.6) is 0 Å². The van der Waals surface area contributed by atoms with Crippen molar-refractivity contribution < 1.29 is 14.7 Å². The highest BCUT2D eigenvalue weighted by Gasteiger charge is 2.54. The second kappa shape index (κ2) is 9.46. The van der Waals surface area contributed by atoms with Gasteiger partial charge in [0.1, 0.15) is 0 Å². The molecule has 3 N–H and O–H groups in total. The Balaban J connectivity index is 1.73. The van der Waals surface area contributed by atoms with Crippen LogP contribution in [0.15, 0.2) is 24.3 Å². The van der Waals surface area contributed by atoms with Gasteiger partial charge in [0.15, 0.2) is 0 Å². The molecule has 0 radical (unpaired) electrons. The first kappa shape index (κ1) is 25.2. The molecule has 0 unspecified atom stereocenters. The molecule has 2 saturated carbocycles. The van der Waals surface area contributed by atoms with Gasteiger partial charge in [-0.2, -0.15) is 5.26 Å². The molecule has 1 aromatic rings. The van der Waals surface area contributed by atoms with Crippen molar-refractivity contribution >= 4 is 11.8 Å². The highest BCUT2D eigenvalue weighted by Crippen LogP contribution is 2.55. The second-order valence-corrected chi connectivity index (χ2v) is 11.6. The normalized spacial score (nSPS) is 32.7. The Hall–Kier alpha value is -2.39. The number of carbonyl (C=O) groups is 2. The van der Waals surface area contributed by atoms with Crippen LogP contribution >= 0.6 is 0 Å². The number of benzene rings is 1. The lowest BCUT2D eigenvalue weighted by Gasteiger charge is -2.56. The van der Waals surface area contributed by atoms with Gasteiger partial charge in [-0.25, -0.2) is 0 Å². The fraction of sp³-hybridized carbons (Fsp3) is 0.667. The molecule has 0 bridgehead atoms. The molecule has 1 aromatic carbocycles. The lowest BCUT2D eigenvalue weighted by Crippen LogP contribution is -2.59. The average Bonchev–Trinajstić information content (AvgIpc) is 2.74. The fourth-order valence-electron chi connectivity index (χ4n) is 6.12. The molecule has 33 heavy (non-hydrogen) atoms. The van der Waals surface area contributed by atoms with Crippen LogP contribution < -0.4 is 10.6 Å². The Kier molecular flexibility index (Phi) is 7.24. The number of rotatable bonds is 4. The zero-order valence-corrected chi connectivity index (χ0v) is 20.8. The van der Waals surface area contributed by atoms with E-state index >= 15 is 0 Å². The predicted molar refractivity (Wildman–Crippen MR) is 128 cm³/mol. The number of nitriles is 1. The molecule has 180 valence electrons. The van der Waals surface area contributed by atoms with Crippen LogP contribution in [-0.4, -0.2) is 34.6 Å². The van der Waals surface area contributed by atoms with Gasteiger partial charge in [-0.05, 0) is 93.9 Å². The quantitative estimate of drug-likeness (QED) is 0.640. The van der Waals surface area contributed by atoms with Crippen LogP contribution in [0.4, 0.5) is 0 Å². The van der Waals surface area contributed by atoms with Gasteiger partial charge in [-0.15, -0.1) is 0 Å². The smallest absolute Gasteiger partial charge is 0.251 e. The zero-order chi connectivity index (χ0) is 24.6. The van der Waals surface area contributed by atoms with E-state index in [1.54, 1.807) is 24.3 Å². The number of nitrogens with zero attached hydrogens (tertiary/aromatic N) is 1. The third-order valence-electron chi connectivity index (χ3n) is 8.03. The maximum absolute atomic E-state index is 12.9. The Bertz CT molecular complexity index is 914. The zero-order valence-electron chi connectivity index (χ0n) is 20.8. The summed E-state index contributed by atoms with van der Waals surface area (Å²) in [6, 6.07) is 8.67. The lowest BCUT2D eigenvalue weighted by molar-refractivity contribution is -0.143. The summed E-state index contributed by atoms with van der Waals surface area (Å²) in [5.41, 5.74) is 0.752. The van der Waals surface area contributed by atoms with Crippen molar-refractivity contribution in [3.63, 3.8) is 0 Å². The van der Waals surface area contributed by atoms with Crippen LogP contribution in [0.2, 0.25) is 0 Å². The molecule has 0 aromatic heterocycles. The summed E-state index contributed by atoms with van der Waals surface area (Å²) in [6.07, 6.45) is 3.03. The van der Waals surface area contributed by atoms with Gasteiger partial charge in [0.25, 0.3) is 5.91 Å². The molecular formula is C27H39N3O3. The van der Waals surface area contributed by atoms with Gasteiger partial charge in [0.2, 0.25) is 5.91 Å². The summed E-state index contributed by atoms with van der Waals surface area (Å²) < 4.78 is 0. The Morgan fingerprint density at radius 1 is 1.18 bits per heavy atom. The number of carbonyl (C=O) groups excluding carboxylic acids is 2. The van der Waals surface area contributed by atoms with Crippen LogP contribution in [-0.2, 0) is 4.79 Å². The van der Waals surface area contributed by atoms with Gasteiger partial charge < -0.3 is 15.7 Å². The summed E-state index contributed by atoms with van der Waals surface area (Å²) in [6.45, 7) is 12.2. The first-order valence-corrected chi connectivity index (χ1v) is 12.2. The minimum absolute atomic E-state index is 0.00519. The minimum atomic E-state index is -0.589. The van der Waals surface area contributed by atoms with E-state index in [9.17, 15) is 14.7 Å². The van der Waals surface area contributed by atoms with E-state index in [4.69, 9.17) is 5.26 Å². The largest absolute Gasteiger partial charge is 0.392 e.